The number of hydrogen-bond acceptors (Lipinski definition) is 3. The van der Waals surface area contributed by atoms with Crippen molar-refractivity contribution in [3.05, 3.63) is 82.3 Å². The van der Waals surface area contributed by atoms with Gasteiger partial charge in [-0.15, -0.1) is 12.4 Å². The van der Waals surface area contributed by atoms with Crippen LogP contribution in [0.25, 0.3) is 5.69 Å². The second-order valence-corrected chi connectivity index (χ2v) is 6.60. The molecule has 3 aromatic rings. The van der Waals surface area contributed by atoms with Crippen LogP contribution in [0.3, 0.4) is 0 Å². The molecule has 2 heterocycles. The number of nitrogens with one attached hydrogen (secondary N) is 1. The normalized spacial score (nSPS) is 16.7. The molecule has 7 heteroatoms. The lowest BCUT2D eigenvalue weighted by atomic mass is 9.99. The van der Waals surface area contributed by atoms with Crippen LogP contribution >= 0.6 is 12.4 Å². The van der Waals surface area contributed by atoms with E-state index in [4.69, 9.17) is 0 Å². The lowest BCUT2D eigenvalue weighted by Gasteiger charge is -2.22. The summed E-state index contributed by atoms with van der Waals surface area (Å²) in [5.41, 5.74) is 1.01. The van der Waals surface area contributed by atoms with Gasteiger partial charge in [0.25, 0.3) is 0 Å². The molecule has 1 atom stereocenters. The molecule has 5 nitrogen and oxygen atoms in total. The highest BCUT2D eigenvalue weighted by Gasteiger charge is 2.25. The van der Waals surface area contributed by atoms with Gasteiger partial charge in [-0.25, -0.2) is 18.4 Å². The van der Waals surface area contributed by atoms with E-state index in [2.05, 4.69) is 10.4 Å². The number of benzene rings is 2. The molecule has 0 spiro atoms. The number of halogens is 2. The quantitative estimate of drug-likeness (QED) is 0.747. The van der Waals surface area contributed by atoms with E-state index < -0.39 is 0 Å². The molecule has 27 heavy (non-hydrogen) atoms. The maximum Gasteiger partial charge on any atom is 0.350 e. The van der Waals surface area contributed by atoms with Crippen LogP contribution in [0.4, 0.5) is 4.39 Å². The molecular formula is C20H22ClFN4O. The van der Waals surface area contributed by atoms with Crippen molar-refractivity contribution in [3.63, 3.8) is 0 Å². The Labute approximate surface area is 163 Å². The summed E-state index contributed by atoms with van der Waals surface area (Å²) in [6.45, 7) is 1.91. The predicted octanol–water partition coefficient (Wildman–Crippen LogP) is 3.11. The second kappa shape index (κ2) is 8.50. The minimum Gasteiger partial charge on any atom is -0.316 e. The molecule has 1 aliphatic heterocycles. The Bertz CT molecular complexity index is 948. The van der Waals surface area contributed by atoms with Crippen LogP contribution in [0.15, 0.2) is 59.4 Å². The average Bonchev–Trinajstić information content (AvgIpc) is 3.01. The van der Waals surface area contributed by atoms with Crippen molar-refractivity contribution >= 4 is 12.4 Å². The predicted molar refractivity (Wildman–Crippen MR) is 105 cm³/mol. The summed E-state index contributed by atoms with van der Waals surface area (Å²) in [5, 5.41) is 7.98. The van der Waals surface area contributed by atoms with Gasteiger partial charge in [0.15, 0.2) is 0 Å². The standard InChI is InChI=1S/C20H21FN4O.ClH/c21-18-11-5-4-7-16(18)14-24-20(26)25(17-9-2-1-3-10-17)19(23-24)15-8-6-12-22-13-15;/h1-5,7,9-11,15,22H,6,8,12-14H2;1H. The van der Waals surface area contributed by atoms with Crippen molar-refractivity contribution in [2.45, 2.75) is 25.3 Å². The first-order valence-corrected chi connectivity index (χ1v) is 8.93. The third-order valence-corrected chi connectivity index (χ3v) is 4.82. The van der Waals surface area contributed by atoms with Crippen molar-refractivity contribution < 1.29 is 4.39 Å². The molecule has 0 radical (unpaired) electrons. The Morgan fingerprint density at radius 2 is 1.85 bits per heavy atom. The first kappa shape index (κ1) is 19.3. The van der Waals surface area contributed by atoms with Gasteiger partial charge in [-0.2, -0.15) is 5.10 Å². The molecular weight excluding hydrogens is 367 g/mol. The summed E-state index contributed by atoms with van der Waals surface area (Å²) in [6.07, 6.45) is 2.03. The van der Waals surface area contributed by atoms with E-state index in [1.54, 1.807) is 22.8 Å². The second-order valence-electron chi connectivity index (χ2n) is 6.60. The zero-order chi connectivity index (χ0) is 17.9. The summed E-state index contributed by atoms with van der Waals surface area (Å²) < 4.78 is 17.1. The van der Waals surface area contributed by atoms with Gasteiger partial charge in [0.1, 0.15) is 11.6 Å². The Morgan fingerprint density at radius 1 is 1.11 bits per heavy atom. The molecule has 0 amide bonds. The number of hydrogen-bond donors (Lipinski definition) is 1. The third-order valence-electron chi connectivity index (χ3n) is 4.82. The van der Waals surface area contributed by atoms with Crippen LogP contribution in [-0.4, -0.2) is 27.4 Å². The zero-order valence-corrected chi connectivity index (χ0v) is 15.7. The van der Waals surface area contributed by atoms with Crippen LogP contribution in [0.5, 0.6) is 0 Å². The fourth-order valence-electron chi connectivity index (χ4n) is 3.47. The van der Waals surface area contributed by atoms with Crippen LogP contribution in [-0.2, 0) is 6.54 Å². The molecule has 0 saturated carbocycles. The van der Waals surface area contributed by atoms with E-state index in [0.29, 0.717) is 5.56 Å². The fraction of sp³-hybridized carbons (Fsp3) is 0.300. The zero-order valence-electron chi connectivity index (χ0n) is 14.8. The maximum absolute atomic E-state index is 14.0. The van der Waals surface area contributed by atoms with Gasteiger partial charge in [-0.05, 0) is 37.6 Å². The van der Waals surface area contributed by atoms with Gasteiger partial charge in [0.2, 0.25) is 0 Å². The Morgan fingerprint density at radius 3 is 2.56 bits per heavy atom. The Balaban J connectivity index is 0.00000210. The van der Waals surface area contributed by atoms with Gasteiger partial charge >= 0.3 is 5.69 Å². The lowest BCUT2D eigenvalue weighted by molar-refractivity contribution is 0.439. The SMILES string of the molecule is Cl.O=c1n(Cc2ccccc2F)nc(C2CCCNC2)n1-c1ccccc1. The summed E-state index contributed by atoms with van der Waals surface area (Å²) in [4.78, 5) is 13.1. The molecule has 1 N–H and O–H groups in total. The number of rotatable bonds is 4. The van der Waals surface area contributed by atoms with Crippen molar-refractivity contribution in [1.82, 2.24) is 19.7 Å². The van der Waals surface area contributed by atoms with E-state index >= 15 is 0 Å². The molecule has 1 saturated heterocycles. The lowest BCUT2D eigenvalue weighted by Crippen LogP contribution is -2.31. The van der Waals surface area contributed by atoms with E-state index in [1.807, 2.05) is 30.3 Å². The fourth-order valence-corrected chi connectivity index (χ4v) is 3.47. The third kappa shape index (κ3) is 3.96. The summed E-state index contributed by atoms with van der Waals surface area (Å²) in [6, 6.07) is 16.0. The summed E-state index contributed by atoms with van der Waals surface area (Å²) in [5.74, 6) is 0.581. The number of para-hydroxylation sites is 1. The topological polar surface area (TPSA) is 51.9 Å². The highest BCUT2D eigenvalue weighted by molar-refractivity contribution is 5.85. The van der Waals surface area contributed by atoms with Crippen molar-refractivity contribution in [2.24, 2.45) is 0 Å². The van der Waals surface area contributed by atoms with Crippen LogP contribution in [0.2, 0.25) is 0 Å². The van der Waals surface area contributed by atoms with Crippen molar-refractivity contribution in [2.75, 3.05) is 13.1 Å². The van der Waals surface area contributed by atoms with Gasteiger partial charge in [-0.1, -0.05) is 36.4 Å². The molecule has 1 aromatic heterocycles. The van der Waals surface area contributed by atoms with Gasteiger partial charge < -0.3 is 5.32 Å². The van der Waals surface area contributed by atoms with Gasteiger partial charge in [0.05, 0.1) is 12.2 Å². The van der Waals surface area contributed by atoms with E-state index in [0.717, 1.165) is 37.4 Å². The number of piperidine rings is 1. The first-order chi connectivity index (χ1) is 12.7. The smallest absolute Gasteiger partial charge is 0.316 e. The molecule has 0 aliphatic carbocycles. The molecule has 1 aliphatic rings. The van der Waals surface area contributed by atoms with Crippen molar-refractivity contribution in [3.8, 4) is 5.69 Å². The summed E-state index contributed by atoms with van der Waals surface area (Å²) in [7, 11) is 0. The van der Waals surface area contributed by atoms with Crippen LogP contribution in [0.1, 0.15) is 30.1 Å². The highest BCUT2D eigenvalue weighted by Crippen LogP contribution is 2.23. The van der Waals surface area contributed by atoms with Gasteiger partial charge in [-0.3, -0.25) is 0 Å². The molecule has 0 bridgehead atoms. The van der Waals surface area contributed by atoms with Crippen LogP contribution in [0, 0.1) is 5.82 Å². The minimum absolute atomic E-state index is 0. The van der Waals surface area contributed by atoms with E-state index in [9.17, 15) is 9.18 Å². The first-order valence-electron chi connectivity index (χ1n) is 8.93. The Hall–Kier alpha value is -2.44. The number of nitrogens with zero attached hydrogens (tertiary/aromatic N) is 3. The van der Waals surface area contributed by atoms with Crippen molar-refractivity contribution in [1.29, 1.82) is 0 Å². The van der Waals surface area contributed by atoms with Gasteiger partial charge in [0, 0.05) is 18.0 Å². The molecule has 1 unspecified atom stereocenters. The number of aromatic nitrogens is 3. The average molecular weight is 389 g/mol. The highest BCUT2D eigenvalue weighted by atomic mass is 35.5. The van der Waals surface area contributed by atoms with Crippen LogP contribution < -0.4 is 11.0 Å². The molecule has 142 valence electrons. The monoisotopic (exact) mass is 388 g/mol. The Kier molecular flexibility index (Phi) is 6.08. The maximum atomic E-state index is 14.0. The molecule has 4 rings (SSSR count). The van der Waals surface area contributed by atoms with E-state index in [-0.39, 0.29) is 36.4 Å². The van der Waals surface area contributed by atoms with E-state index in [1.165, 1.54) is 10.7 Å². The largest absolute Gasteiger partial charge is 0.350 e. The molecule has 1 fully saturated rings. The molecule has 2 aromatic carbocycles. The summed E-state index contributed by atoms with van der Waals surface area (Å²) >= 11 is 0. The minimum atomic E-state index is -0.324.